The molecular weight excluding hydrogens is 310 g/mol. The van der Waals surface area contributed by atoms with Crippen LogP contribution in [0, 0.1) is 18.3 Å². The fourth-order valence-corrected chi connectivity index (χ4v) is 2.61. The molecule has 0 aliphatic heterocycles. The Morgan fingerprint density at radius 3 is 2.44 bits per heavy atom. The van der Waals surface area contributed by atoms with Gasteiger partial charge in [0.15, 0.2) is 0 Å². The maximum absolute atomic E-state index is 13.1. The summed E-state index contributed by atoms with van der Waals surface area (Å²) in [4.78, 5) is 18.9. The standard InChI is InChI=1S/C21H17N3O/c1-16-14-23-12-11-20(16)21(25)24(19-5-3-2-4-6-19)15-18-9-7-17(13-22)8-10-18/h2-12,14H,15H2,1H3. The monoisotopic (exact) mass is 327 g/mol. The van der Waals surface area contributed by atoms with Crippen LogP contribution in [0.2, 0.25) is 0 Å². The summed E-state index contributed by atoms with van der Waals surface area (Å²) >= 11 is 0. The van der Waals surface area contributed by atoms with Crippen molar-refractivity contribution < 1.29 is 4.79 Å². The second-order valence-electron chi connectivity index (χ2n) is 5.73. The largest absolute Gasteiger partial charge is 0.304 e. The van der Waals surface area contributed by atoms with E-state index in [9.17, 15) is 4.79 Å². The zero-order valence-corrected chi connectivity index (χ0v) is 13.9. The molecule has 3 rings (SSSR count). The number of hydrogen-bond acceptors (Lipinski definition) is 3. The van der Waals surface area contributed by atoms with Crippen molar-refractivity contribution in [3.05, 3.63) is 95.3 Å². The van der Waals surface area contributed by atoms with E-state index < -0.39 is 0 Å². The van der Waals surface area contributed by atoms with Gasteiger partial charge in [0.2, 0.25) is 0 Å². The number of amides is 1. The molecule has 3 aromatic rings. The lowest BCUT2D eigenvalue weighted by Crippen LogP contribution is -2.31. The van der Waals surface area contributed by atoms with Gasteiger partial charge in [-0.1, -0.05) is 30.3 Å². The zero-order chi connectivity index (χ0) is 17.6. The van der Waals surface area contributed by atoms with Crippen molar-refractivity contribution >= 4 is 11.6 Å². The Kier molecular flexibility index (Phi) is 4.87. The predicted octanol–water partition coefficient (Wildman–Crippen LogP) is 4.11. The molecule has 4 nitrogen and oxygen atoms in total. The van der Waals surface area contributed by atoms with E-state index in [2.05, 4.69) is 11.1 Å². The third-order valence-corrected chi connectivity index (χ3v) is 3.99. The topological polar surface area (TPSA) is 57.0 Å². The minimum absolute atomic E-state index is 0.0736. The number of carbonyl (C=O) groups excluding carboxylic acids is 1. The molecule has 0 aliphatic carbocycles. The molecule has 0 saturated carbocycles. The average Bonchev–Trinajstić information content (AvgIpc) is 2.67. The van der Waals surface area contributed by atoms with Gasteiger partial charge in [0.1, 0.15) is 0 Å². The lowest BCUT2D eigenvalue weighted by molar-refractivity contribution is 0.0984. The van der Waals surface area contributed by atoms with Gasteiger partial charge in [0, 0.05) is 23.6 Å². The number of aryl methyl sites for hydroxylation is 1. The summed E-state index contributed by atoms with van der Waals surface area (Å²) in [6.45, 7) is 2.31. The van der Waals surface area contributed by atoms with Gasteiger partial charge in [-0.2, -0.15) is 5.26 Å². The van der Waals surface area contributed by atoms with E-state index in [-0.39, 0.29) is 5.91 Å². The molecule has 0 atom stereocenters. The Hall–Kier alpha value is -3.45. The molecule has 0 bridgehead atoms. The van der Waals surface area contributed by atoms with Crippen LogP contribution in [0.4, 0.5) is 5.69 Å². The minimum Gasteiger partial charge on any atom is -0.304 e. The number of para-hydroxylation sites is 1. The van der Waals surface area contributed by atoms with Crippen molar-refractivity contribution in [3.8, 4) is 6.07 Å². The summed E-state index contributed by atoms with van der Waals surface area (Å²) in [5, 5.41) is 8.94. The van der Waals surface area contributed by atoms with Crippen molar-refractivity contribution in [2.45, 2.75) is 13.5 Å². The third kappa shape index (κ3) is 3.73. The van der Waals surface area contributed by atoms with Gasteiger partial charge in [0.25, 0.3) is 5.91 Å². The van der Waals surface area contributed by atoms with Gasteiger partial charge in [-0.05, 0) is 48.4 Å². The number of benzene rings is 2. The number of hydrogen-bond donors (Lipinski definition) is 0. The SMILES string of the molecule is Cc1cnccc1C(=O)N(Cc1ccc(C#N)cc1)c1ccccc1. The molecule has 0 unspecified atom stereocenters. The van der Waals surface area contributed by atoms with Crippen LogP contribution >= 0.6 is 0 Å². The molecule has 0 saturated heterocycles. The first-order valence-corrected chi connectivity index (χ1v) is 7.95. The maximum Gasteiger partial charge on any atom is 0.258 e. The summed E-state index contributed by atoms with van der Waals surface area (Å²) in [6, 6.07) is 20.7. The predicted molar refractivity (Wildman–Crippen MR) is 97.1 cm³/mol. The highest BCUT2D eigenvalue weighted by Gasteiger charge is 2.19. The number of pyridine rings is 1. The Labute approximate surface area is 147 Å². The third-order valence-electron chi connectivity index (χ3n) is 3.99. The highest BCUT2D eigenvalue weighted by Crippen LogP contribution is 2.21. The van der Waals surface area contributed by atoms with E-state index in [0.717, 1.165) is 16.8 Å². The summed E-state index contributed by atoms with van der Waals surface area (Å²) < 4.78 is 0. The number of aromatic nitrogens is 1. The van der Waals surface area contributed by atoms with E-state index in [1.807, 2.05) is 49.4 Å². The summed E-state index contributed by atoms with van der Waals surface area (Å²) in [5.74, 6) is -0.0736. The first kappa shape index (κ1) is 16.4. The van der Waals surface area contributed by atoms with Crippen LogP contribution in [0.15, 0.2) is 73.1 Å². The molecule has 4 heteroatoms. The fourth-order valence-electron chi connectivity index (χ4n) is 2.61. The number of anilines is 1. The molecule has 0 radical (unpaired) electrons. The quantitative estimate of drug-likeness (QED) is 0.724. The molecular formula is C21H17N3O. The Balaban J connectivity index is 1.97. The van der Waals surface area contributed by atoms with E-state index in [4.69, 9.17) is 5.26 Å². The van der Waals surface area contributed by atoms with E-state index in [1.165, 1.54) is 0 Å². The van der Waals surface area contributed by atoms with Crippen LogP contribution in [0.5, 0.6) is 0 Å². The minimum atomic E-state index is -0.0736. The number of nitrogens with zero attached hydrogens (tertiary/aromatic N) is 3. The Morgan fingerprint density at radius 2 is 1.80 bits per heavy atom. The summed E-state index contributed by atoms with van der Waals surface area (Å²) in [6.07, 6.45) is 3.32. The molecule has 2 aromatic carbocycles. The van der Waals surface area contributed by atoms with Crippen LogP contribution in [-0.2, 0) is 6.54 Å². The first-order chi connectivity index (χ1) is 12.2. The summed E-state index contributed by atoms with van der Waals surface area (Å²) in [7, 11) is 0. The van der Waals surface area contributed by atoms with Crippen LogP contribution in [-0.4, -0.2) is 10.9 Å². The number of nitriles is 1. The number of rotatable bonds is 4. The lowest BCUT2D eigenvalue weighted by Gasteiger charge is -2.24. The molecule has 0 spiro atoms. The molecule has 122 valence electrons. The van der Waals surface area contributed by atoms with Crippen LogP contribution in [0.3, 0.4) is 0 Å². The van der Waals surface area contributed by atoms with Gasteiger partial charge >= 0.3 is 0 Å². The Morgan fingerprint density at radius 1 is 1.08 bits per heavy atom. The second-order valence-corrected chi connectivity index (χ2v) is 5.73. The van der Waals surface area contributed by atoms with Gasteiger partial charge in [-0.3, -0.25) is 9.78 Å². The van der Waals surface area contributed by atoms with Gasteiger partial charge < -0.3 is 4.90 Å². The smallest absolute Gasteiger partial charge is 0.258 e. The fraction of sp³-hybridized carbons (Fsp3) is 0.0952. The van der Waals surface area contributed by atoms with Crippen molar-refractivity contribution in [3.63, 3.8) is 0 Å². The van der Waals surface area contributed by atoms with Crippen LogP contribution in [0.25, 0.3) is 0 Å². The van der Waals surface area contributed by atoms with Crippen molar-refractivity contribution in [2.75, 3.05) is 4.90 Å². The van der Waals surface area contributed by atoms with Gasteiger partial charge in [0.05, 0.1) is 18.2 Å². The second kappa shape index (κ2) is 7.41. The molecule has 0 N–H and O–H groups in total. The highest BCUT2D eigenvalue weighted by atomic mass is 16.2. The first-order valence-electron chi connectivity index (χ1n) is 7.95. The van der Waals surface area contributed by atoms with E-state index in [1.54, 1.807) is 35.5 Å². The van der Waals surface area contributed by atoms with E-state index >= 15 is 0 Å². The zero-order valence-electron chi connectivity index (χ0n) is 13.9. The molecule has 25 heavy (non-hydrogen) atoms. The van der Waals surface area contributed by atoms with E-state index in [0.29, 0.717) is 17.7 Å². The van der Waals surface area contributed by atoms with Crippen LogP contribution < -0.4 is 4.90 Å². The average molecular weight is 327 g/mol. The number of carbonyl (C=O) groups is 1. The maximum atomic E-state index is 13.1. The molecule has 0 aliphatic rings. The highest BCUT2D eigenvalue weighted by molar-refractivity contribution is 6.06. The lowest BCUT2D eigenvalue weighted by atomic mass is 10.1. The van der Waals surface area contributed by atoms with Gasteiger partial charge in [-0.15, -0.1) is 0 Å². The van der Waals surface area contributed by atoms with Crippen molar-refractivity contribution in [1.82, 2.24) is 4.98 Å². The molecule has 0 fully saturated rings. The van der Waals surface area contributed by atoms with Crippen molar-refractivity contribution in [2.24, 2.45) is 0 Å². The molecule has 1 amide bonds. The normalized spacial score (nSPS) is 10.1. The Bertz CT molecular complexity index is 912. The van der Waals surface area contributed by atoms with Crippen molar-refractivity contribution in [1.29, 1.82) is 5.26 Å². The van der Waals surface area contributed by atoms with Gasteiger partial charge in [-0.25, -0.2) is 0 Å². The van der Waals surface area contributed by atoms with Crippen LogP contribution in [0.1, 0.15) is 27.0 Å². The molecule has 1 heterocycles. The summed E-state index contributed by atoms with van der Waals surface area (Å²) in [5.41, 5.74) is 3.86. The molecule has 1 aromatic heterocycles.